The molecule has 0 unspecified atom stereocenters. The van der Waals surface area contributed by atoms with Gasteiger partial charge in [-0.25, -0.2) is 0 Å². The van der Waals surface area contributed by atoms with E-state index in [1.54, 1.807) is 0 Å². The number of rotatable bonds is 3. The summed E-state index contributed by atoms with van der Waals surface area (Å²) in [6.07, 6.45) is 2.33. The molecule has 2 saturated heterocycles. The molecular formula is C26H30Cl2N2O. The van der Waals surface area contributed by atoms with E-state index >= 15 is 0 Å². The van der Waals surface area contributed by atoms with Crippen molar-refractivity contribution in [2.24, 2.45) is 5.92 Å². The Balaban J connectivity index is 0.00000116. The normalized spacial score (nSPS) is 19.4. The predicted octanol–water partition coefficient (Wildman–Crippen LogP) is 5.80. The molecule has 3 nitrogen and oxygen atoms in total. The minimum Gasteiger partial charge on any atom is -0.381 e. The zero-order valence-electron chi connectivity index (χ0n) is 17.7. The van der Waals surface area contributed by atoms with Gasteiger partial charge in [0.05, 0.1) is 0 Å². The number of hydrogen-bond acceptors (Lipinski definition) is 3. The first-order valence-electron chi connectivity index (χ1n) is 11.1. The first kappa shape index (κ1) is 22.6. The fourth-order valence-electron chi connectivity index (χ4n) is 5.76. The maximum atomic E-state index is 5.72. The molecule has 2 fully saturated rings. The maximum Gasteiger partial charge on any atom is 0.0469 e. The summed E-state index contributed by atoms with van der Waals surface area (Å²) >= 11 is 0. The van der Waals surface area contributed by atoms with Crippen LogP contribution in [-0.2, 0) is 4.74 Å². The second-order valence-electron chi connectivity index (χ2n) is 8.69. The third-order valence-electron chi connectivity index (χ3n) is 7.14. The molecule has 0 bridgehead atoms. The fraction of sp³-hybridized carbons (Fsp3) is 0.385. The van der Waals surface area contributed by atoms with Gasteiger partial charge in [-0.2, -0.15) is 0 Å². The summed E-state index contributed by atoms with van der Waals surface area (Å²) in [5, 5.41) is 11.9. The third-order valence-corrected chi connectivity index (χ3v) is 7.14. The molecule has 0 radical (unpaired) electrons. The number of piperazine rings is 1. The van der Waals surface area contributed by atoms with Crippen LogP contribution in [-0.4, -0.2) is 44.3 Å². The van der Waals surface area contributed by atoms with Crippen molar-refractivity contribution >= 4 is 57.1 Å². The monoisotopic (exact) mass is 456 g/mol. The van der Waals surface area contributed by atoms with Gasteiger partial charge in [-0.1, -0.05) is 54.6 Å². The number of benzene rings is 4. The highest BCUT2D eigenvalue weighted by molar-refractivity contribution is 6.23. The number of hydrogen-bond donors (Lipinski definition) is 1. The molecule has 0 aromatic heterocycles. The van der Waals surface area contributed by atoms with Crippen molar-refractivity contribution in [1.82, 2.24) is 10.2 Å². The molecular weight excluding hydrogens is 427 g/mol. The number of ether oxygens (including phenoxy) is 1. The maximum absolute atomic E-state index is 5.72. The Morgan fingerprint density at radius 1 is 0.774 bits per heavy atom. The Kier molecular flexibility index (Phi) is 6.90. The lowest BCUT2D eigenvalue weighted by Crippen LogP contribution is -2.47. The van der Waals surface area contributed by atoms with Crippen molar-refractivity contribution in [1.29, 1.82) is 0 Å². The Labute approximate surface area is 196 Å². The number of nitrogens with zero attached hydrogens (tertiary/aromatic N) is 1. The van der Waals surface area contributed by atoms with Crippen LogP contribution in [0.3, 0.4) is 0 Å². The standard InChI is InChI=1S/C26H28N2O.2ClH/c1-2-18-4-5-20-7-9-23(22-8-6-19(3-1)24(18)25(20)22)26(21-10-16-29-17-11-21)28-14-12-27-13-15-28;;/h1-9,21,26-27H,10-17H2;2*1H/t26-;;/m0../s1. The van der Waals surface area contributed by atoms with Crippen LogP contribution >= 0.6 is 24.8 Å². The highest BCUT2D eigenvalue weighted by atomic mass is 35.5. The van der Waals surface area contributed by atoms with E-state index in [0.717, 1.165) is 52.2 Å². The third kappa shape index (κ3) is 3.88. The van der Waals surface area contributed by atoms with Crippen molar-refractivity contribution in [2.75, 3.05) is 39.4 Å². The van der Waals surface area contributed by atoms with Crippen molar-refractivity contribution in [3.63, 3.8) is 0 Å². The van der Waals surface area contributed by atoms with Crippen LogP contribution in [0.25, 0.3) is 32.3 Å². The van der Waals surface area contributed by atoms with Crippen molar-refractivity contribution in [3.05, 3.63) is 60.2 Å². The summed E-state index contributed by atoms with van der Waals surface area (Å²) in [6.45, 7) is 6.24. The quantitative estimate of drug-likeness (QED) is 0.394. The molecule has 0 amide bonds. The van der Waals surface area contributed by atoms with Gasteiger partial charge in [0.15, 0.2) is 0 Å². The Hall–Kier alpha value is -1.62. The molecule has 0 saturated carbocycles. The molecule has 0 aliphatic carbocycles. The molecule has 31 heavy (non-hydrogen) atoms. The number of nitrogens with one attached hydrogen (secondary N) is 1. The van der Waals surface area contributed by atoms with E-state index in [1.807, 2.05) is 0 Å². The SMILES string of the molecule is Cl.Cl.c1cc2ccc3ccc([C@H](C4CCOCC4)N4CCNCC4)c4ccc(c1)c2c34. The van der Waals surface area contributed by atoms with E-state index in [9.17, 15) is 0 Å². The average molecular weight is 457 g/mol. The van der Waals surface area contributed by atoms with Crippen LogP contribution in [0.5, 0.6) is 0 Å². The lowest BCUT2D eigenvalue weighted by Gasteiger charge is -2.41. The zero-order chi connectivity index (χ0) is 19.2. The molecule has 2 aliphatic heterocycles. The fourth-order valence-corrected chi connectivity index (χ4v) is 5.76. The molecule has 1 N–H and O–H groups in total. The van der Waals surface area contributed by atoms with Gasteiger partial charge in [-0.15, -0.1) is 24.8 Å². The Morgan fingerprint density at radius 3 is 2.10 bits per heavy atom. The summed E-state index contributed by atoms with van der Waals surface area (Å²) in [5.74, 6) is 0.667. The molecule has 4 aromatic rings. The molecule has 1 atom stereocenters. The van der Waals surface area contributed by atoms with Crippen LogP contribution in [0.15, 0.2) is 54.6 Å². The van der Waals surface area contributed by atoms with Gasteiger partial charge in [0, 0.05) is 45.4 Å². The van der Waals surface area contributed by atoms with Crippen LogP contribution in [0.4, 0.5) is 0 Å². The topological polar surface area (TPSA) is 24.5 Å². The van der Waals surface area contributed by atoms with E-state index in [4.69, 9.17) is 4.74 Å². The minimum atomic E-state index is 0. The number of halogens is 2. The predicted molar refractivity (Wildman–Crippen MR) is 135 cm³/mol. The molecule has 4 aromatic carbocycles. The lowest BCUT2D eigenvalue weighted by atomic mass is 9.82. The summed E-state index contributed by atoms with van der Waals surface area (Å²) in [6, 6.07) is 21.2. The largest absolute Gasteiger partial charge is 0.381 e. The van der Waals surface area contributed by atoms with Crippen LogP contribution < -0.4 is 5.32 Å². The minimum absolute atomic E-state index is 0. The molecule has 5 heteroatoms. The van der Waals surface area contributed by atoms with Crippen molar-refractivity contribution < 1.29 is 4.74 Å². The van der Waals surface area contributed by atoms with Crippen LogP contribution in [0.1, 0.15) is 24.4 Å². The average Bonchev–Trinajstić information content (AvgIpc) is 2.80. The molecule has 6 rings (SSSR count). The summed E-state index contributed by atoms with van der Waals surface area (Å²) in [5.41, 5.74) is 1.52. The first-order chi connectivity index (χ1) is 14.4. The van der Waals surface area contributed by atoms with E-state index < -0.39 is 0 Å². The van der Waals surface area contributed by atoms with Crippen LogP contribution in [0.2, 0.25) is 0 Å². The van der Waals surface area contributed by atoms with E-state index in [1.165, 1.54) is 37.9 Å². The van der Waals surface area contributed by atoms with Crippen molar-refractivity contribution in [2.45, 2.75) is 18.9 Å². The van der Waals surface area contributed by atoms with Gasteiger partial charge < -0.3 is 10.1 Å². The van der Waals surface area contributed by atoms with Gasteiger partial charge in [-0.05, 0) is 56.6 Å². The van der Waals surface area contributed by atoms with Gasteiger partial charge in [-0.3, -0.25) is 4.90 Å². The van der Waals surface area contributed by atoms with Crippen LogP contribution in [0, 0.1) is 5.92 Å². The zero-order valence-corrected chi connectivity index (χ0v) is 19.3. The second-order valence-corrected chi connectivity index (χ2v) is 8.69. The van der Waals surface area contributed by atoms with Gasteiger partial charge >= 0.3 is 0 Å². The van der Waals surface area contributed by atoms with E-state index in [0.29, 0.717) is 12.0 Å². The lowest BCUT2D eigenvalue weighted by molar-refractivity contribution is 0.0217. The van der Waals surface area contributed by atoms with E-state index in [-0.39, 0.29) is 24.8 Å². The van der Waals surface area contributed by atoms with Gasteiger partial charge in [0.1, 0.15) is 0 Å². The molecule has 164 valence electrons. The van der Waals surface area contributed by atoms with Gasteiger partial charge in [0.2, 0.25) is 0 Å². The smallest absolute Gasteiger partial charge is 0.0469 e. The van der Waals surface area contributed by atoms with Crippen molar-refractivity contribution in [3.8, 4) is 0 Å². The Bertz CT molecular complexity index is 1120. The molecule has 0 spiro atoms. The molecule has 2 heterocycles. The highest BCUT2D eigenvalue weighted by Gasteiger charge is 2.32. The Morgan fingerprint density at radius 2 is 1.39 bits per heavy atom. The molecule has 2 aliphatic rings. The summed E-state index contributed by atoms with van der Waals surface area (Å²) in [7, 11) is 0. The highest BCUT2D eigenvalue weighted by Crippen LogP contribution is 2.42. The summed E-state index contributed by atoms with van der Waals surface area (Å²) < 4.78 is 5.72. The van der Waals surface area contributed by atoms with E-state index in [2.05, 4.69) is 64.8 Å². The van der Waals surface area contributed by atoms with Gasteiger partial charge in [0.25, 0.3) is 0 Å². The summed E-state index contributed by atoms with van der Waals surface area (Å²) in [4.78, 5) is 2.73. The first-order valence-corrected chi connectivity index (χ1v) is 11.1. The second kappa shape index (κ2) is 9.48.